The largest absolute Gasteiger partial charge is 0.477 e. The summed E-state index contributed by atoms with van der Waals surface area (Å²) in [5, 5.41) is 12.3. The van der Waals surface area contributed by atoms with E-state index >= 15 is 0 Å². The Morgan fingerprint density at radius 3 is 2.53 bits per heavy atom. The number of benzene rings is 2. The van der Waals surface area contributed by atoms with Gasteiger partial charge in [-0.3, -0.25) is 9.59 Å². The Morgan fingerprint density at radius 1 is 1.19 bits per heavy atom. The van der Waals surface area contributed by atoms with Crippen LogP contribution in [0.25, 0.3) is 0 Å². The summed E-state index contributed by atoms with van der Waals surface area (Å²) in [6, 6.07) is 17.6. The van der Waals surface area contributed by atoms with Gasteiger partial charge in [-0.15, -0.1) is 0 Å². The van der Waals surface area contributed by atoms with Crippen molar-refractivity contribution in [1.29, 1.82) is 0 Å². The van der Waals surface area contributed by atoms with Gasteiger partial charge in [0.05, 0.1) is 18.6 Å². The fourth-order valence-electron chi connectivity index (χ4n) is 5.03. The summed E-state index contributed by atoms with van der Waals surface area (Å²) in [5.74, 6) is -3.37. The third-order valence-corrected chi connectivity index (χ3v) is 7.06. The number of pyridine rings is 1. The minimum absolute atomic E-state index is 0.159. The van der Waals surface area contributed by atoms with Gasteiger partial charge in [0.2, 0.25) is 0 Å². The minimum Gasteiger partial charge on any atom is -0.477 e. The van der Waals surface area contributed by atoms with E-state index in [2.05, 4.69) is 20.9 Å². The topological polar surface area (TPSA) is 85.7 Å². The van der Waals surface area contributed by atoms with Crippen molar-refractivity contribution in [2.24, 2.45) is 5.92 Å². The zero-order valence-electron chi connectivity index (χ0n) is 16.8. The number of nitrogens with zero attached hydrogens (tertiary/aromatic N) is 1. The standard InChI is InChI=1S/C24H17BrClNO5/c1-31-22(29)19-20(13-5-3-2-4-6-13)24(14-7-9-15(25)10-8-14)23(30,21(19)28)16-12-27-18(26)11-17(16)32-24/h2-12,19-20,30H,1H3/t19-,20-,23+,24?/m1/s1. The first-order chi connectivity index (χ1) is 15.3. The van der Waals surface area contributed by atoms with Gasteiger partial charge in [-0.05, 0) is 23.3 Å². The molecular formula is C24H17BrClNO5. The van der Waals surface area contributed by atoms with Crippen molar-refractivity contribution >= 4 is 39.3 Å². The van der Waals surface area contributed by atoms with Gasteiger partial charge in [0.25, 0.3) is 0 Å². The van der Waals surface area contributed by atoms with E-state index in [0.29, 0.717) is 11.1 Å². The molecule has 3 aromatic rings. The highest BCUT2D eigenvalue weighted by atomic mass is 79.9. The molecule has 2 heterocycles. The second-order valence-corrected chi connectivity index (χ2v) is 9.11. The zero-order chi connectivity index (χ0) is 22.7. The van der Waals surface area contributed by atoms with E-state index in [-0.39, 0.29) is 16.5 Å². The molecule has 1 aromatic heterocycles. The maximum absolute atomic E-state index is 13.9. The van der Waals surface area contributed by atoms with Crippen LogP contribution in [0, 0.1) is 5.92 Å². The smallest absolute Gasteiger partial charge is 0.317 e. The van der Waals surface area contributed by atoms with Gasteiger partial charge in [-0.2, -0.15) is 0 Å². The van der Waals surface area contributed by atoms with Crippen molar-refractivity contribution in [3.05, 3.63) is 93.2 Å². The number of hydrogen-bond donors (Lipinski definition) is 1. The number of methoxy groups -OCH3 is 1. The highest BCUT2D eigenvalue weighted by Gasteiger charge is 2.78. The van der Waals surface area contributed by atoms with Crippen LogP contribution in [0.1, 0.15) is 22.6 Å². The quantitative estimate of drug-likeness (QED) is 0.321. The Kier molecular flexibility index (Phi) is 4.89. The third-order valence-electron chi connectivity index (χ3n) is 6.33. The number of hydrogen-bond acceptors (Lipinski definition) is 6. The molecule has 0 radical (unpaired) electrons. The molecule has 0 spiro atoms. The highest BCUT2D eigenvalue weighted by molar-refractivity contribution is 9.10. The van der Waals surface area contributed by atoms with Crippen LogP contribution in [0.4, 0.5) is 0 Å². The van der Waals surface area contributed by atoms with Crippen LogP contribution in [-0.4, -0.2) is 29.0 Å². The summed E-state index contributed by atoms with van der Waals surface area (Å²) >= 11 is 9.51. The molecule has 2 aromatic carbocycles. The average Bonchev–Trinajstić information content (AvgIpc) is 3.17. The molecule has 5 rings (SSSR count). The number of aliphatic hydroxyl groups is 1. The molecule has 8 heteroatoms. The Bertz CT molecular complexity index is 1230. The summed E-state index contributed by atoms with van der Waals surface area (Å²) in [6.07, 6.45) is 1.33. The highest BCUT2D eigenvalue weighted by Crippen LogP contribution is 2.67. The fourth-order valence-corrected chi connectivity index (χ4v) is 5.45. The second-order valence-electron chi connectivity index (χ2n) is 7.81. The van der Waals surface area contributed by atoms with E-state index in [1.165, 1.54) is 19.4 Å². The molecule has 1 aliphatic carbocycles. The lowest BCUT2D eigenvalue weighted by molar-refractivity contribution is -0.155. The Morgan fingerprint density at radius 2 is 1.88 bits per heavy atom. The molecule has 6 nitrogen and oxygen atoms in total. The van der Waals surface area contributed by atoms with E-state index in [1.54, 1.807) is 48.5 Å². The van der Waals surface area contributed by atoms with Crippen molar-refractivity contribution < 1.29 is 24.2 Å². The first kappa shape index (κ1) is 21.1. The van der Waals surface area contributed by atoms with Crippen LogP contribution in [0.3, 0.4) is 0 Å². The van der Waals surface area contributed by atoms with Crippen molar-refractivity contribution in [1.82, 2.24) is 4.98 Å². The van der Waals surface area contributed by atoms with Crippen molar-refractivity contribution in [3.8, 4) is 5.75 Å². The number of aromatic nitrogens is 1. The number of Topliss-reactive ketones (excluding diaryl/α,β-unsaturated/α-hetero) is 1. The van der Waals surface area contributed by atoms with Gasteiger partial charge in [0.15, 0.2) is 17.0 Å². The van der Waals surface area contributed by atoms with Crippen LogP contribution in [0.5, 0.6) is 5.75 Å². The summed E-state index contributed by atoms with van der Waals surface area (Å²) in [6.45, 7) is 0. The molecular weight excluding hydrogens is 498 g/mol. The summed E-state index contributed by atoms with van der Waals surface area (Å²) in [7, 11) is 1.22. The molecule has 1 N–H and O–H groups in total. The molecule has 1 unspecified atom stereocenters. The predicted octanol–water partition coefficient (Wildman–Crippen LogP) is 4.13. The molecule has 1 aliphatic heterocycles. The fraction of sp³-hybridized carbons (Fsp3) is 0.208. The maximum atomic E-state index is 13.9. The molecule has 32 heavy (non-hydrogen) atoms. The number of rotatable bonds is 3. The van der Waals surface area contributed by atoms with Gasteiger partial charge >= 0.3 is 5.97 Å². The summed E-state index contributed by atoms with van der Waals surface area (Å²) < 4.78 is 12.3. The Labute approximate surface area is 197 Å². The summed E-state index contributed by atoms with van der Waals surface area (Å²) in [5.41, 5.74) is -2.47. The van der Waals surface area contributed by atoms with Crippen LogP contribution >= 0.6 is 27.5 Å². The lowest BCUT2D eigenvalue weighted by Crippen LogP contribution is -2.50. The molecule has 0 bridgehead atoms. The lowest BCUT2D eigenvalue weighted by atomic mass is 9.71. The average molecular weight is 515 g/mol. The van der Waals surface area contributed by atoms with Crippen LogP contribution < -0.4 is 4.74 Å². The van der Waals surface area contributed by atoms with Gasteiger partial charge in [-0.25, -0.2) is 4.98 Å². The second kappa shape index (κ2) is 7.40. The van der Waals surface area contributed by atoms with E-state index in [0.717, 1.165) is 4.47 Å². The molecule has 4 atom stereocenters. The van der Waals surface area contributed by atoms with Crippen LogP contribution in [-0.2, 0) is 25.5 Å². The van der Waals surface area contributed by atoms with E-state index < -0.39 is 34.8 Å². The molecule has 162 valence electrons. The van der Waals surface area contributed by atoms with Gasteiger partial charge in [0, 0.05) is 16.7 Å². The van der Waals surface area contributed by atoms with Gasteiger partial charge in [0.1, 0.15) is 16.8 Å². The number of fused-ring (bicyclic) bond motifs is 3. The monoisotopic (exact) mass is 513 g/mol. The Hall–Kier alpha value is -2.74. The van der Waals surface area contributed by atoms with E-state index in [4.69, 9.17) is 21.1 Å². The Balaban J connectivity index is 1.88. The number of ketones is 1. The maximum Gasteiger partial charge on any atom is 0.317 e. The number of halogens is 2. The zero-order valence-corrected chi connectivity index (χ0v) is 19.1. The first-order valence-electron chi connectivity index (χ1n) is 9.85. The number of carbonyl (C=O) groups excluding carboxylic acids is 2. The van der Waals surface area contributed by atoms with Crippen LogP contribution in [0.2, 0.25) is 5.15 Å². The number of carbonyl (C=O) groups is 2. The van der Waals surface area contributed by atoms with Crippen molar-refractivity contribution in [2.75, 3.05) is 7.11 Å². The number of esters is 1. The normalized spacial score (nSPS) is 28.1. The first-order valence-corrected chi connectivity index (χ1v) is 11.0. The van der Waals surface area contributed by atoms with Crippen molar-refractivity contribution in [3.63, 3.8) is 0 Å². The SMILES string of the molecule is COC(=O)[C@H]1C(=O)[C@@]2(O)c3cnc(Cl)cc3OC2(c2ccc(Br)cc2)[C@@H]1c1ccccc1. The molecule has 1 fully saturated rings. The predicted molar refractivity (Wildman–Crippen MR) is 119 cm³/mol. The number of ether oxygens (including phenoxy) is 2. The summed E-state index contributed by atoms with van der Waals surface area (Å²) in [4.78, 5) is 30.9. The van der Waals surface area contributed by atoms with Gasteiger partial charge < -0.3 is 14.6 Å². The van der Waals surface area contributed by atoms with Crippen molar-refractivity contribution in [2.45, 2.75) is 17.1 Å². The van der Waals surface area contributed by atoms with Gasteiger partial charge in [-0.1, -0.05) is 70.0 Å². The lowest BCUT2D eigenvalue weighted by Gasteiger charge is -2.39. The minimum atomic E-state index is -2.19. The van der Waals surface area contributed by atoms with Crippen LogP contribution in [0.15, 0.2) is 71.3 Å². The third kappa shape index (κ3) is 2.65. The molecule has 0 saturated heterocycles. The molecule has 1 saturated carbocycles. The van der Waals surface area contributed by atoms with E-state index in [1.807, 2.05) is 6.07 Å². The molecule has 0 amide bonds. The van der Waals surface area contributed by atoms with E-state index in [9.17, 15) is 14.7 Å². The molecule has 2 aliphatic rings.